The molecule has 0 unspecified atom stereocenters. The molecule has 45 heavy (non-hydrogen) atoms. The molecule has 2 amide bonds. The van der Waals surface area contributed by atoms with Gasteiger partial charge < -0.3 is 20.6 Å². The number of carbonyl (C=O) groups is 2. The van der Waals surface area contributed by atoms with Crippen LogP contribution in [0.3, 0.4) is 0 Å². The minimum Gasteiger partial charge on any atom is -0.390 e. The Bertz CT molecular complexity index is 1610. The van der Waals surface area contributed by atoms with Gasteiger partial charge in [-0.3, -0.25) is 19.6 Å². The SMILES string of the molecule is Cc1csc([C@H]2CCCN2C(=O)c2cncc(C(=O)N[C@@H](Cc3ccccc3)[C@H](O)CNCc3cncc(C(C)(C)F)c3)c2)n1. The first-order valence-electron chi connectivity index (χ1n) is 15.1. The fourth-order valence-corrected chi connectivity index (χ4v) is 6.40. The number of thiazole rings is 1. The van der Waals surface area contributed by atoms with Crippen LogP contribution >= 0.6 is 11.3 Å². The number of aromatic nitrogens is 3. The molecule has 0 bridgehead atoms. The van der Waals surface area contributed by atoms with Gasteiger partial charge in [0.15, 0.2) is 0 Å². The van der Waals surface area contributed by atoms with Crippen LogP contribution in [0.25, 0.3) is 0 Å². The van der Waals surface area contributed by atoms with Crippen molar-refractivity contribution in [3.05, 3.63) is 111 Å². The van der Waals surface area contributed by atoms with E-state index in [0.29, 0.717) is 30.6 Å². The number of nitrogens with one attached hydrogen (secondary N) is 2. The van der Waals surface area contributed by atoms with E-state index >= 15 is 0 Å². The van der Waals surface area contributed by atoms with Gasteiger partial charge >= 0.3 is 0 Å². The van der Waals surface area contributed by atoms with Crippen molar-refractivity contribution in [1.82, 2.24) is 30.5 Å². The first-order chi connectivity index (χ1) is 21.6. The Morgan fingerprint density at radius 1 is 1.09 bits per heavy atom. The van der Waals surface area contributed by atoms with E-state index in [2.05, 4.69) is 25.6 Å². The summed E-state index contributed by atoms with van der Waals surface area (Å²) in [4.78, 5) is 41.8. The summed E-state index contributed by atoms with van der Waals surface area (Å²) in [6, 6.07) is 12.2. The van der Waals surface area contributed by atoms with Crippen LogP contribution in [0, 0.1) is 6.92 Å². The third-order valence-corrected chi connectivity index (χ3v) is 8.99. The molecule has 0 aliphatic carbocycles. The van der Waals surface area contributed by atoms with Crippen molar-refractivity contribution in [2.24, 2.45) is 0 Å². The lowest BCUT2D eigenvalue weighted by Gasteiger charge is -2.25. The molecule has 1 aromatic carbocycles. The molecule has 1 fully saturated rings. The number of likely N-dealkylation sites (tertiary alicyclic amines) is 1. The number of alkyl halides is 1. The number of amides is 2. The van der Waals surface area contributed by atoms with Crippen molar-refractivity contribution >= 4 is 23.2 Å². The van der Waals surface area contributed by atoms with Crippen LogP contribution in [-0.2, 0) is 18.6 Å². The summed E-state index contributed by atoms with van der Waals surface area (Å²) in [5.74, 6) is -0.625. The van der Waals surface area contributed by atoms with Crippen LogP contribution in [0.4, 0.5) is 4.39 Å². The molecule has 4 heterocycles. The number of benzene rings is 1. The highest BCUT2D eigenvalue weighted by molar-refractivity contribution is 7.09. The molecule has 3 atom stereocenters. The van der Waals surface area contributed by atoms with Crippen molar-refractivity contribution in [2.45, 2.75) is 70.4 Å². The minimum atomic E-state index is -1.51. The summed E-state index contributed by atoms with van der Waals surface area (Å²) in [7, 11) is 0. The molecular formula is C34H39FN6O3S. The van der Waals surface area contributed by atoms with Crippen LogP contribution in [-0.4, -0.2) is 62.0 Å². The third kappa shape index (κ3) is 8.36. The van der Waals surface area contributed by atoms with Crippen LogP contribution in [0.1, 0.15) is 80.8 Å². The fraction of sp³-hybridized carbons (Fsp3) is 0.382. The van der Waals surface area contributed by atoms with Crippen molar-refractivity contribution in [3.63, 3.8) is 0 Å². The first-order valence-corrected chi connectivity index (χ1v) is 16.0. The lowest BCUT2D eigenvalue weighted by molar-refractivity contribution is 0.0735. The average molecular weight is 631 g/mol. The number of pyridine rings is 2. The van der Waals surface area contributed by atoms with Crippen molar-refractivity contribution in [1.29, 1.82) is 0 Å². The highest BCUT2D eigenvalue weighted by Crippen LogP contribution is 2.34. The maximum atomic E-state index is 14.4. The second-order valence-electron chi connectivity index (χ2n) is 12.0. The number of nitrogens with zero attached hydrogens (tertiary/aromatic N) is 4. The molecule has 0 radical (unpaired) electrons. The molecule has 0 spiro atoms. The van der Waals surface area contributed by atoms with E-state index in [1.165, 1.54) is 32.4 Å². The second kappa shape index (κ2) is 14.4. The first kappa shape index (κ1) is 32.3. The molecule has 3 N–H and O–H groups in total. The van der Waals surface area contributed by atoms with E-state index in [9.17, 15) is 19.1 Å². The standard InChI is InChI=1S/C34H39FN6O3S/c1-22-21-45-32(39-22)29-10-7-11-41(29)33(44)26-14-25(17-38-18-26)31(43)40-28(13-23-8-5-4-6-9-23)30(42)20-37-16-24-12-27(19-36-15-24)34(2,3)35/h4-6,8-9,12,14-15,17-19,21,28-30,37,42H,7,10-11,13,16,20H2,1-3H3,(H,40,43)/t28-,29+,30+/m0/s1. The van der Waals surface area contributed by atoms with E-state index in [1.807, 2.05) is 47.5 Å². The molecule has 1 aliphatic rings. The Morgan fingerprint density at radius 2 is 1.84 bits per heavy atom. The lowest BCUT2D eigenvalue weighted by Crippen LogP contribution is -2.48. The van der Waals surface area contributed by atoms with Gasteiger partial charge in [-0.2, -0.15) is 0 Å². The largest absolute Gasteiger partial charge is 0.390 e. The smallest absolute Gasteiger partial charge is 0.256 e. The number of aliphatic hydroxyl groups excluding tert-OH is 1. The Labute approximate surface area is 267 Å². The normalized spacial score (nSPS) is 16.4. The third-order valence-electron chi connectivity index (χ3n) is 7.93. The number of hydrogen-bond donors (Lipinski definition) is 3. The Hall–Kier alpha value is -4.06. The highest BCUT2D eigenvalue weighted by atomic mass is 32.1. The van der Waals surface area contributed by atoms with Crippen LogP contribution in [0.5, 0.6) is 0 Å². The van der Waals surface area contributed by atoms with E-state index in [1.54, 1.807) is 29.7 Å². The van der Waals surface area contributed by atoms with E-state index in [-0.39, 0.29) is 24.1 Å². The molecule has 4 aromatic rings. The Kier molecular flexibility index (Phi) is 10.3. The summed E-state index contributed by atoms with van der Waals surface area (Å²) in [5, 5.41) is 20.3. The number of halogens is 1. The van der Waals surface area contributed by atoms with Gasteiger partial charge in [0, 0.05) is 61.1 Å². The zero-order valence-corrected chi connectivity index (χ0v) is 26.6. The molecule has 1 aliphatic heterocycles. The fourth-order valence-electron chi connectivity index (χ4n) is 5.46. The van der Waals surface area contributed by atoms with E-state index < -0.39 is 23.7 Å². The zero-order valence-electron chi connectivity index (χ0n) is 25.7. The average Bonchev–Trinajstić information content (AvgIpc) is 3.70. The minimum absolute atomic E-state index is 0.0895. The number of aliphatic hydroxyl groups is 1. The van der Waals surface area contributed by atoms with Crippen molar-refractivity contribution in [2.75, 3.05) is 13.1 Å². The van der Waals surface area contributed by atoms with Gasteiger partial charge in [0.1, 0.15) is 10.7 Å². The molecule has 3 aromatic heterocycles. The topological polar surface area (TPSA) is 120 Å². The van der Waals surface area contributed by atoms with Gasteiger partial charge in [0.25, 0.3) is 11.8 Å². The van der Waals surface area contributed by atoms with Crippen LogP contribution in [0.15, 0.2) is 72.6 Å². The van der Waals surface area contributed by atoms with Crippen molar-refractivity contribution < 1.29 is 19.1 Å². The van der Waals surface area contributed by atoms with Crippen LogP contribution in [0.2, 0.25) is 0 Å². The number of rotatable bonds is 12. The lowest BCUT2D eigenvalue weighted by atomic mass is 10.00. The summed E-state index contributed by atoms with van der Waals surface area (Å²) in [6.45, 7) is 6.06. The van der Waals surface area contributed by atoms with Gasteiger partial charge in [-0.05, 0) is 63.3 Å². The molecular weight excluding hydrogens is 591 g/mol. The van der Waals surface area contributed by atoms with Gasteiger partial charge in [-0.15, -0.1) is 11.3 Å². The number of carbonyl (C=O) groups excluding carboxylic acids is 2. The van der Waals surface area contributed by atoms with E-state index in [0.717, 1.165) is 34.7 Å². The highest BCUT2D eigenvalue weighted by Gasteiger charge is 2.33. The summed E-state index contributed by atoms with van der Waals surface area (Å²) >= 11 is 1.56. The predicted octanol–water partition coefficient (Wildman–Crippen LogP) is 4.92. The van der Waals surface area contributed by atoms with Crippen molar-refractivity contribution in [3.8, 4) is 0 Å². The quantitative estimate of drug-likeness (QED) is 0.203. The maximum absolute atomic E-state index is 14.4. The van der Waals surface area contributed by atoms with Gasteiger partial charge in [0.05, 0.1) is 29.3 Å². The number of hydrogen-bond acceptors (Lipinski definition) is 8. The molecule has 236 valence electrons. The molecule has 1 saturated heterocycles. The van der Waals surface area contributed by atoms with Gasteiger partial charge in [-0.25, -0.2) is 9.37 Å². The second-order valence-corrected chi connectivity index (χ2v) is 12.9. The Morgan fingerprint density at radius 3 is 2.58 bits per heavy atom. The summed E-state index contributed by atoms with van der Waals surface area (Å²) < 4.78 is 14.4. The molecule has 5 rings (SSSR count). The molecule has 0 saturated carbocycles. The van der Waals surface area contributed by atoms with Gasteiger partial charge in [0.2, 0.25) is 0 Å². The van der Waals surface area contributed by atoms with Gasteiger partial charge in [-0.1, -0.05) is 30.3 Å². The maximum Gasteiger partial charge on any atom is 0.256 e. The zero-order chi connectivity index (χ0) is 32.0. The summed E-state index contributed by atoms with van der Waals surface area (Å²) in [5.41, 5.74) is 2.19. The monoisotopic (exact) mass is 630 g/mol. The predicted molar refractivity (Wildman–Crippen MR) is 172 cm³/mol. The summed E-state index contributed by atoms with van der Waals surface area (Å²) in [6.07, 6.45) is 7.23. The Balaban J connectivity index is 1.26. The van der Waals surface area contributed by atoms with E-state index in [4.69, 9.17) is 0 Å². The molecule has 11 heteroatoms. The van der Waals surface area contributed by atoms with Crippen LogP contribution < -0.4 is 10.6 Å². The molecule has 9 nitrogen and oxygen atoms in total. The number of aryl methyl sites for hydroxylation is 1.